The summed E-state index contributed by atoms with van der Waals surface area (Å²) in [5.41, 5.74) is 6.84. The number of aliphatic hydroxyl groups excluding tert-OH is 4. The van der Waals surface area contributed by atoms with Gasteiger partial charge in [-0.25, -0.2) is 44.9 Å². The van der Waals surface area contributed by atoms with Crippen molar-refractivity contribution in [1.29, 1.82) is 0 Å². The molecule has 0 aliphatic heterocycles. The van der Waals surface area contributed by atoms with Gasteiger partial charge in [0, 0.05) is 113 Å². The number of rotatable bonds is 10. The predicted octanol–water partition coefficient (Wildman–Crippen LogP) is 15.7. The Bertz CT molecular complexity index is 3990. The second-order valence-corrected chi connectivity index (χ2v) is 20.8. The van der Waals surface area contributed by atoms with Crippen molar-refractivity contribution in [2.24, 2.45) is 0 Å². The van der Waals surface area contributed by atoms with E-state index < -0.39 is 52.5 Å². The van der Waals surface area contributed by atoms with Crippen molar-refractivity contribution in [3.05, 3.63) is 264 Å². The van der Waals surface area contributed by atoms with Crippen LogP contribution < -0.4 is 0 Å². The Balaban J connectivity index is 0.000000260. The number of carboxylic acids is 1. The first-order valence-electron chi connectivity index (χ1n) is 28.3. The van der Waals surface area contributed by atoms with Gasteiger partial charge in [0.15, 0.2) is 0 Å². The first kappa shape index (κ1) is 79.1. The van der Waals surface area contributed by atoms with E-state index in [1.54, 1.807) is 88.4 Å². The summed E-state index contributed by atoms with van der Waals surface area (Å²) in [6.07, 6.45) is 0.892. The first-order chi connectivity index (χ1) is 43.9. The van der Waals surface area contributed by atoms with Crippen molar-refractivity contribution in [3.8, 4) is 56.3 Å². The van der Waals surface area contributed by atoms with Crippen LogP contribution in [-0.4, -0.2) is 85.8 Å². The van der Waals surface area contributed by atoms with Crippen molar-refractivity contribution in [2.45, 2.75) is 71.9 Å². The summed E-state index contributed by atoms with van der Waals surface area (Å²) in [7, 11) is 0. The minimum absolute atomic E-state index is 0. The molecule has 4 aromatic heterocycles. The summed E-state index contributed by atoms with van der Waals surface area (Å²) in [6.45, 7) is 8.73. The molecule has 4 atom stereocenters. The van der Waals surface area contributed by atoms with Gasteiger partial charge in [-0.05, 0) is 136 Å². The van der Waals surface area contributed by atoms with Crippen LogP contribution >= 0.6 is 0 Å². The summed E-state index contributed by atoms with van der Waals surface area (Å²) in [4.78, 5) is 36.0. The molecule has 0 saturated heterocycles. The number of fused-ring (bicyclic) bond motifs is 3. The fourth-order valence-corrected chi connectivity index (χ4v) is 8.93. The molecule has 0 bridgehead atoms. The molecule has 0 spiro atoms. The number of aromatic nitrogens is 6. The summed E-state index contributed by atoms with van der Waals surface area (Å²) in [5, 5.41) is 43.8. The minimum Gasteiger partial charge on any atom is -0.477 e. The van der Waals surface area contributed by atoms with Crippen molar-refractivity contribution in [1.82, 2.24) is 29.9 Å². The standard InChI is InChI=1S/2C20H9F4N2.C16H12N.C6H5NO2.2C5H12O2.3Ir/c2*21-13-5-11(6-14(22)9-13)19-20(12-7-15(23)10-16(24)8-12)26-18-4-2-1-3-17(18)25-19;1-12-11-14-9-5-6-10-15(14)17-16(12)13-7-3-2-4-8-13;8-6(9)5-3-1-2-4-7-5;2*1-4(6)3-5(2)7;;;/h2*1-7,9-10H;2-7,9-11H,1H3;1-4H,(H,8,9);2*4-7H,3H2,1-2H3;;;/q3*-1;;;;;;. The van der Waals surface area contributed by atoms with Crippen LogP contribution in [0.4, 0.5) is 35.1 Å². The molecule has 4 heterocycles. The van der Waals surface area contributed by atoms with E-state index in [4.69, 9.17) is 30.5 Å². The van der Waals surface area contributed by atoms with Gasteiger partial charge in [-0.3, -0.25) is 24.9 Å². The van der Waals surface area contributed by atoms with Crippen LogP contribution in [0, 0.1) is 71.7 Å². The van der Waals surface area contributed by atoms with Gasteiger partial charge in [0.25, 0.3) is 0 Å². The second kappa shape index (κ2) is 38.3. The molecule has 5 N–H and O–H groups in total. The number of carboxylic acid groups (broad SMARTS) is 1. The molecule has 0 aliphatic carbocycles. The molecule has 0 saturated carbocycles. The number of hydrogen-bond acceptors (Lipinski definition) is 11. The molecule has 3 radical (unpaired) electrons. The maximum absolute atomic E-state index is 13.7. The van der Waals surface area contributed by atoms with Crippen molar-refractivity contribution in [2.75, 3.05) is 0 Å². The van der Waals surface area contributed by atoms with E-state index in [0.717, 1.165) is 65.3 Å². The Morgan fingerprint density at radius 1 is 0.411 bits per heavy atom. The van der Waals surface area contributed by atoms with E-state index in [1.165, 1.54) is 23.2 Å². The smallest absolute Gasteiger partial charge is 0.354 e. The normalized spacial score (nSPS) is 11.6. The van der Waals surface area contributed by atoms with Crippen molar-refractivity contribution >= 4 is 38.9 Å². The molecule has 12 aromatic rings. The first-order valence-corrected chi connectivity index (χ1v) is 28.3. The zero-order chi connectivity index (χ0) is 66.6. The topological polar surface area (TPSA) is 196 Å². The quantitative estimate of drug-likeness (QED) is 0.0643. The van der Waals surface area contributed by atoms with E-state index in [0.29, 0.717) is 47.0 Å². The fourth-order valence-electron chi connectivity index (χ4n) is 8.93. The van der Waals surface area contributed by atoms with Gasteiger partial charge in [0.2, 0.25) is 0 Å². The van der Waals surface area contributed by atoms with Gasteiger partial charge >= 0.3 is 5.97 Å². The number of pyridine rings is 2. The predicted molar refractivity (Wildman–Crippen MR) is 336 cm³/mol. The van der Waals surface area contributed by atoms with Gasteiger partial charge < -0.3 is 25.5 Å². The number of halogens is 8. The van der Waals surface area contributed by atoms with Gasteiger partial charge in [-0.15, -0.1) is 71.3 Å². The van der Waals surface area contributed by atoms with Crippen molar-refractivity contribution < 1.29 is 126 Å². The second-order valence-electron chi connectivity index (χ2n) is 20.8. The molecule has 12 rings (SSSR count). The van der Waals surface area contributed by atoms with E-state index in [9.17, 15) is 39.9 Å². The Hall–Kier alpha value is -8.30. The summed E-state index contributed by atoms with van der Waals surface area (Å²) in [5.74, 6) is -7.63. The fraction of sp³-hybridized carbons (Fsp3) is 0.153. The van der Waals surface area contributed by atoms with Crippen LogP contribution in [0.1, 0.15) is 56.6 Å². The Morgan fingerprint density at radius 3 is 1.11 bits per heavy atom. The Kier molecular flexibility index (Phi) is 31.9. The molecule has 0 aliphatic rings. The van der Waals surface area contributed by atoms with Crippen LogP contribution in [0.2, 0.25) is 0 Å². The summed E-state index contributed by atoms with van der Waals surface area (Å²) >= 11 is 0. The maximum atomic E-state index is 13.7. The van der Waals surface area contributed by atoms with Crippen molar-refractivity contribution in [3.63, 3.8) is 0 Å². The van der Waals surface area contributed by atoms with Gasteiger partial charge in [0.1, 0.15) is 29.0 Å². The molecular weight excluding hydrogens is 1770 g/mol. The van der Waals surface area contributed by atoms with Gasteiger partial charge in [-0.1, -0.05) is 72.3 Å². The molecule has 8 aromatic carbocycles. The van der Waals surface area contributed by atoms with Gasteiger partial charge in [-0.2, -0.15) is 0 Å². The van der Waals surface area contributed by atoms with Crippen LogP contribution in [0.15, 0.2) is 188 Å². The number of benzene rings is 8. The third kappa shape index (κ3) is 24.4. The molecule has 0 amide bonds. The van der Waals surface area contributed by atoms with E-state index in [-0.39, 0.29) is 135 Å². The van der Waals surface area contributed by atoms with Crippen LogP contribution in [0.25, 0.3) is 89.3 Å². The minimum atomic E-state index is -0.990. The third-order valence-electron chi connectivity index (χ3n) is 12.7. The van der Waals surface area contributed by atoms with Gasteiger partial charge in [0.05, 0.1) is 63.4 Å². The zero-order valence-corrected chi connectivity index (χ0v) is 58.2. The number of aliphatic hydroxyl groups is 4. The van der Waals surface area contributed by atoms with E-state index >= 15 is 0 Å². The number of nitrogens with zero attached hydrogens (tertiary/aromatic N) is 6. The third-order valence-corrected chi connectivity index (χ3v) is 12.7. The van der Waals surface area contributed by atoms with E-state index in [2.05, 4.69) is 62.2 Å². The maximum Gasteiger partial charge on any atom is 0.354 e. The number of aryl methyl sites for hydroxylation is 1. The van der Waals surface area contributed by atoms with Crippen LogP contribution in [0.3, 0.4) is 0 Å². The number of para-hydroxylation sites is 5. The van der Waals surface area contributed by atoms with Crippen LogP contribution in [0.5, 0.6) is 0 Å². The molecule has 0 fully saturated rings. The monoisotopic (exact) mass is 1830 g/mol. The average molecular weight is 1830 g/mol. The Morgan fingerprint density at radius 2 is 0.768 bits per heavy atom. The number of hydrogen-bond donors (Lipinski definition) is 5. The van der Waals surface area contributed by atoms with E-state index in [1.807, 2.05) is 42.5 Å². The molecular formula is C72H59F8Ir3N6O6-3. The molecule has 4 unspecified atom stereocenters. The SMILES string of the molecule is CC(O)CC(C)O.CC(O)CC(C)O.Cc1cc2ccccc2nc1-c1[c-]cccc1.Fc1[c-]c(-c2nc3ccccc3nc2-c2cc(F)cc(F)c2)cc(F)c1.Fc1[c-]c(-c2nc3ccccc3nc2-c2cc(F)cc(F)c2)cc(F)c1.O=C(O)c1ccccn1.[Ir].[Ir].[Ir]. The largest absolute Gasteiger partial charge is 0.477 e. The van der Waals surface area contributed by atoms with Crippen LogP contribution in [-0.2, 0) is 60.3 Å². The molecule has 12 nitrogen and oxygen atoms in total. The summed E-state index contributed by atoms with van der Waals surface area (Å²) in [6, 6.07) is 54.0. The molecule has 23 heteroatoms. The summed E-state index contributed by atoms with van der Waals surface area (Å²) < 4.78 is 109. The average Bonchev–Trinajstić information content (AvgIpc) is 0.792. The zero-order valence-electron chi connectivity index (χ0n) is 51.0. The Labute approximate surface area is 583 Å². The molecule has 95 heavy (non-hydrogen) atoms. The number of carbonyl (C=O) groups is 1. The number of aromatic carboxylic acids is 1. The molecule has 499 valence electrons.